The summed E-state index contributed by atoms with van der Waals surface area (Å²) in [5.41, 5.74) is 2.43. The van der Waals surface area contributed by atoms with Crippen LogP contribution in [0.2, 0.25) is 5.02 Å². The first-order chi connectivity index (χ1) is 16.3. The van der Waals surface area contributed by atoms with Crippen LogP contribution in [0.4, 0.5) is 5.69 Å². The number of aromatic nitrogens is 3. The molecule has 1 amide bonds. The van der Waals surface area contributed by atoms with E-state index in [1.807, 2.05) is 6.07 Å². The minimum atomic E-state index is -3.52. The van der Waals surface area contributed by atoms with Crippen molar-refractivity contribution in [2.75, 3.05) is 37.4 Å². The van der Waals surface area contributed by atoms with E-state index in [1.54, 1.807) is 25.2 Å². The fraction of sp³-hybridized carbons (Fsp3) is 0.435. The number of nitrogens with one attached hydrogen (secondary N) is 1. The molecule has 0 bridgehead atoms. The third-order valence-electron chi connectivity index (χ3n) is 6.32. The van der Waals surface area contributed by atoms with Crippen molar-refractivity contribution in [3.63, 3.8) is 0 Å². The van der Waals surface area contributed by atoms with Crippen molar-refractivity contribution < 1.29 is 17.9 Å². The number of ether oxygens (including phenoxy) is 1. The zero-order valence-corrected chi connectivity index (χ0v) is 20.6. The van der Waals surface area contributed by atoms with E-state index >= 15 is 0 Å². The number of carbonyl (C=O) groups excluding carboxylic acids is 1. The van der Waals surface area contributed by atoms with Crippen LogP contribution in [0.15, 0.2) is 30.5 Å². The lowest BCUT2D eigenvalue weighted by Gasteiger charge is -2.30. The number of benzene rings is 1. The number of fused-ring (bicyclic) bond motifs is 1. The third kappa shape index (κ3) is 4.37. The zero-order chi connectivity index (χ0) is 24.0. The highest BCUT2D eigenvalue weighted by Gasteiger charge is 2.33. The van der Waals surface area contributed by atoms with Gasteiger partial charge in [-0.25, -0.2) is 18.1 Å². The fourth-order valence-corrected chi connectivity index (χ4v) is 5.35. The molecule has 9 nitrogen and oxygen atoms in total. The number of halogens is 1. The molecule has 2 aliphatic rings. The molecule has 5 rings (SSSR count). The SMILES string of the molecule is CNC(=O)c1c2cc(C3CC3)c(N(CCC3COC3)S(C)(=O)=O)cc2nn1-c1ccc(Cl)cn1. The van der Waals surface area contributed by atoms with Crippen molar-refractivity contribution in [2.24, 2.45) is 5.92 Å². The van der Waals surface area contributed by atoms with Gasteiger partial charge in [-0.2, -0.15) is 5.10 Å². The number of amides is 1. The molecule has 3 aromatic rings. The van der Waals surface area contributed by atoms with Crippen LogP contribution in [0.3, 0.4) is 0 Å². The average molecular weight is 504 g/mol. The van der Waals surface area contributed by atoms with Crippen LogP contribution in [0.1, 0.15) is 41.2 Å². The Balaban J connectivity index is 1.68. The lowest BCUT2D eigenvalue weighted by Crippen LogP contribution is -2.36. The van der Waals surface area contributed by atoms with Gasteiger partial charge < -0.3 is 10.1 Å². The maximum absolute atomic E-state index is 12.9. The first-order valence-corrected chi connectivity index (χ1v) is 13.4. The average Bonchev–Trinajstić information content (AvgIpc) is 3.54. The van der Waals surface area contributed by atoms with E-state index in [4.69, 9.17) is 16.3 Å². The smallest absolute Gasteiger partial charge is 0.270 e. The van der Waals surface area contributed by atoms with E-state index in [2.05, 4.69) is 15.4 Å². The second kappa shape index (κ2) is 8.83. The number of anilines is 1. The van der Waals surface area contributed by atoms with Crippen molar-refractivity contribution in [3.8, 4) is 5.82 Å². The summed E-state index contributed by atoms with van der Waals surface area (Å²) in [7, 11) is -1.96. The molecule has 11 heteroatoms. The molecule has 180 valence electrons. The normalized spacial score (nSPS) is 16.4. The van der Waals surface area contributed by atoms with Gasteiger partial charge in [0.05, 0.1) is 35.7 Å². The van der Waals surface area contributed by atoms with Crippen molar-refractivity contribution in [1.82, 2.24) is 20.1 Å². The molecule has 34 heavy (non-hydrogen) atoms. The van der Waals surface area contributed by atoms with Gasteiger partial charge in [0.1, 0.15) is 5.69 Å². The van der Waals surface area contributed by atoms with E-state index < -0.39 is 10.0 Å². The summed E-state index contributed by atoms with van der Waals surface area (Å²) in [4.78, 5) is 17.2. The fourth-order valence-electron chi connectivity index (χ4n) is 4.29. The number of sulfonamides is 1. The van der Waals surface area contributed by atoms with Gasteiger partial charge in [-0.05, 0) is 55.0 Å². The number of carbonyl (C=O) groups is 1. The topological polar surface area (TPSA) is 106 Å². The summed E-state index contributed by atoms with van der Waals surface area (Å²) < 4.78 is 33.9. The van der Waals surface area contributed by atoms with Crippen LogP contribution >= 0.6 is 11.6 Å². The maximum Gasteiger partial charge on any atom is 0.270 e. The Morgan fingerprint density at radius 2 is 2.06 bits per heavy atom. The number of hydrogen-bond donors (Lipinski definition) is 1. The molecular formula is C23H26ClN5O4S. The lowest BCUT2D eigenvalue weighted by molar-refractivity contribution is -0.0340. The largest absolute Gasteiger partial charge is 0.381 e. The molecule has 2 aromatic heterocycles. The Morgan fingerprint density at radius 1 is 1.29 bits per heavy atom. The van der Waals surface area contributed by atoms with Crippen molar-refractivity contribution in [3.05, 3.63) is 46.7 Å². The van der Waals surface area contributed by atoms with Crippen LogP contribution in [0.25, 0.3) is 16.7 Å². The highest BCUT2D eigenvalue weighted by atomic mass is 35.5. The summed E-state index contributed by atoms with van der Waals surface area (Å²) in [5, 5.41) is 8.47. The van der Waals surface area contributed by atoms with Crippen LogP contribution < -0.4 is 9.62 Å². The van der Waals surface area contributed by atoms with Gasteiger partial charge in [0.15, 0.2) is 5.82 Å². The standard InChI is InChI=1S/C23H26ClN5O4S/c1-25-23(30)22-18-9-17(15-3-4-15)20(28(34(2,31)32)8-7-14-12-33-13-14)10-19(18)27-29(22)21-6-5-16(24)11-26-21/h5-6,9-11,14-15H,3-4,7-8,12-13H2,1-2H3,(H,25,30). The molecule has 0 unspecified atom stereocenters. The molecule has 0 atom stereocenters. The molecule has 0 radical (unpaired) electrons. The predicted octanol–water partition coefficient (Wildman–Crippen LogP) is 3.11. The first-order valence-electron chi connectivity index (χ1n) is 11.2. The lowest BCUT2D eigenvalue weighted by atomic mass is 10.0. The Bertz CT molecular complexity index is 1350. The monoisotopic (exact) mass is 503 g/mol. The van der Waals surface area contributed by atoms with Crippen molar-refractivity contribution in [2.45, 2.75) is 25.2 Å². The van der Waals surface area contributed by atoms with Gasteiger partial charge in [0.2, 0.25) is 10.0 Å². The molecule has 3 heterocycles. The molecule has 1 N–H and O–H groups in total. The number of pyridine rings is 1. The Labute approximate surface area is 203 Å². The zero-order valence-electron chi connectivity index (χ0n) is 19.0. The number of nitrogens with zero attached hydrogens (tertiary/aromatic N) is 4. The molecule has 2 fully saturated rings. The summed E-state index contributed by atoms with van der Waals surface area (Å²) in [6.45, 7) is 1.71. The van der Waals surface area contributed by atoms with E-state index in [-0.39, 0.29) is 11.8 Å². The predicted molar refractivity (Wildman–Crippen MR) is 130 cm³/mol. The van der Waals surface area contributed by atoms with Crippen LogP contribution in [-0.4, -0.2) is 62.2 Å². The quantitative estimate of drug-likeness (QED) is 0.506. The summed E-state index contributed by atoms with van der Waals surface area (Å²) in [6, 6.07) is 7.09. The van der Waals surface area contributed by atoms with Gasteiger partial charge in [-0.15, -0.1) is 0 Å². The Hall–Kier alpha value is -2.69. The molecule has 1 saturated heterocycles. The molecule has 0 spiro atoms. The Kier molecular flexibility index (Phi) is 5.99. The number of hydrogen-bond acceptors (Lipinski definition) is 6. The second-order valence-electron chi connectivity index (χ2n) is 8.90. The van der Waals surface area contributed by atoms with E-state index in [9.17, 15) is 13.2 Å². The summed E-state index contributed by atoms with van der Waals surface area (Å²) >= 11 is 5.99. The summed E-state index contributed by atoms with van der Waals surface area (Å²) in [5.74, 6) is 0.759. The van der Waals surface area contributed by atoms with Crippen LogP contribution in [-0.2, 0) is 14.8 Å². The second-order valence-corrected chi connectivity index (χ2v) is 11.2. The van der Waals surface area contributed by atoms with Crippen molar-refractivity contribution >= 4 is 44.1 Å². The van der Waals surface area contributed by atoms with Gasteiger partial charge >= 0.3 is 0 Å². The molecular weight excluding hydrogens is 478 g/mol. The molecule has 1 aliphatic heterocycles. The van der Waals surface area contributed by atoms with Crippen LogP contribution in [0.5, 0.6) is 0 Å². The van der Waals surface area contributed by atoms with Gasteiger partial charge in [0.25, 0.3) is 5.91 Å². The van der Waals surface area contributed by atoms with Gasteiger partial charge in [-0.1, -0.05) is 11.6 Å². The van der Waals surface area contributed by atoms with E-state index in [0.717, 1.165) is 24.8 Å². The highest BCUT2D eigenvalue weighted by molar-refractivity contribution is 7.92. The van der Waals surface area contributed by atoms with E-state index in [0.29, 0.717) is 58.8 Å². The van der Waals surface area contributed by atoms with Crippen molar-refractivity contribution in [1.29, 1.82) is 0 Å². The molecule has 1 saturated carbocycles. The Morgan fingerprint density at radius 3 is 2.62 bits per heavy atom. The first kappa shape index (κ1) is 23.1. The molecule has 1 aliphatic carbocycles. The minimum absolute atomic E-state index is 0.255. The summed E-state index contributed by atoms with van der Waals surface area (Å²) in [6.07, 6.45) is 5.41. The van der Waals surface area contributed by atoms with E-state index in [1.165, 1.54) is 21.4 Å². The maximum atomic E-state index is 12.9. The highest BCUT2D eigenvalue weighted by Crippen LogP contribution is 2.46. The molecule has 1 aromatic carbocycles. The van der Waals surface area contributed by atoms with Gasteiger partial charge in [-0.3, -0.25) is 9.10 Å². The minimum Gasteiger partial charge on any atom is -0.381 e. The third-order valence-corrected chi connectivity index (χ3v) is 7.73. The van der Waals surface area contributed by atoms with Crippen LogP contribution in [0, 0.1) is 5.92 Å². The van der Waals surface area contributed by atoms with Gasteiger partial charge in [0, 0.05) is 31.1 Å². The number of rotatable bonds is 8.